The van der Waals surface area contributed by atoms with Crippen molar-refractivity contribution < 1.29 is 0 Å². The Balaban J connectivity index is 1.07. The van der Waals surface area contributed by atoms with E-state index < -0.39 is 0 Å². The van der Waals surface area contributed by atoms with Crippen LogP contribution in [0.5, 0.6) is 0 Å². The second kappa shape index (κ2) is 13.5. The SMILES string of the molecule is c1ccc2c(-c3ccc(N(c4ccc(-c5cccc6c5sc5ccccc56)cc4)c4cccc5c4sc4c(C6CCCCC6)cccc45)cc3)cccc2c1. The predicted octanol–water partition coefficient (Wildman–Crippen LogP) is 16.4. The molecule has 1 saturated carbocycles. The minimum absolute atomic E-state index is 0.657. The van der Waals surface area contributed by atoms with Gasteiger partial charge in [-0.25, -0.2) is 0 Å². The van der Waals surface area contributed by atoms with E-state index >= 15 is 0 Å². The van der Waals surface area contributed by atoms with Gasteiger partial charge in [0.2, 0.25) is 0 Å². The monoisotopic (exact) mass is 741 g/mol. The summed E-state index contributed by atoms with van der Waals surface area (Å²) in [5, 5.41) is 7.95. The summed E-state index contributed by atoms with van der Waals surface area (Å²) in [5.41, 5.74) is 10.1. The van der Waals surface area contributed by atoms with Gasteiger partial charge in [0.25, 0.3) is 0 Å². The van der Waals surface area contributed by atoms with Crippen LogP contribution in [0.15, 0.2) is 170 Å². The highest BCUT2D eigenvalue weighted by atomic mass is 32.1. The van der Waals surface area contributed by atoms with Crippen LogP contribution in [0.4, 0.5) is 17.1 Å². The molecular formula is C52H39NS2. The molecule has 0 N–H and O–H groups in total. The average Bonchev–Trinajstić information content (AvgIpc) is 3.84. The summed E-state index contributed by atoms with van der Waals surface area (Å²) < 4.78 is 5.50. The molecule has 11 rings (SSSR count). The molecule has 0 amide bonds. The van der Waals surface area contributed by atoms with Crippen molar-refractivity contribution in [2.45, 2.75) is 38.0 Å². The first-order valence-corrected chi connectivity index (χ1v) is 21.2. The maximum absolute atomic E-state index is 2.48. The molecule has 3 heteroatoms. The number of thiophene rings is 2. The Morgan fingerprint density at radius 2 is 0.964 bits per heavy atom. The lowest BCUT2D eigenvalue weighted by molar-refractivity contribution is 0.446. The van der Waals surface area contributed by atoms with Crippen molar-refractivity contribution in [3.8, 4) is 22.3 Å². The second-order valence-electron chi connectivity index (χ2n) is 15.1. The van der Waals surface area contributed by atoms with Gasteiger partial charge in [-0.3, -0.25) is 0 Å². The second-order valence-corrected chi connectivity index (χ2v) is 17.1. The lowest BCUT2D eigenvalue weighted by Crippen LogP contribution is -2.10. The van der Waals surface area contributed by atoms with Crippen LogP contribution < -0.4 is 4.90 Å². The van der Waals surface area contributed by atoms with Crippen LogP contribution in [0.3, 0.4) is 0 Å². The van der Waals surface area contributed by atoms with Crippen LogP contribution in [0.25, 0.3) is 73.4 Å². The summed E-state index contributed by atoms with van der Waals surface area (Å²) in [5.74, 6) is 0.657. The molecule has 10 aromatic rings. The predicted molar refractivity (Wildman–Crippen MR) is 241 cm³/mol. The standard InChI is InChI=1S/C52H39NS2/c1-2-12-35(13-3-1)42-19-10-22-46-47-23-11-24-48(52(47)55-51(42)46)53(38-30-26-36(27-31-38)41-18-8-15-34-14-4-5-16-40(34)41)39-32-28-37(29-33-39)43-20-9-21-45-44-17-6-7-25-49(44)54-50(43)45/h4-11,14-33,35H,1-3,12-13H2. The highest BCUT2D eigenvalue weighted by Crippen LogP contribution is 2.48. The zero-order chi connectivity index (χ0) is 36.3. The van der Waals surface area contributed by atoms with Gasteiger partial charge in [-0.05, 0) is 93.7 Å². The van der Waals surface area contributed by atoms with E-state index in [1.165, 1.54) is 111 Å². The molecule has 1 aliphatic rings. The summed E-state index contributed by atoms with van der Waals surface area (Å²) in [7, 11) is 0. The Kier molecular flexibility index (Phi) is 8.04. The molecule has 0 atom stereocenters. The third-order valence-electron chi connectivity index (χ3n) is 11.9. The zero-order valence-corrected chi connectivity index (χ0v) is 32.2. The Morgan fingerprint density at radius 3 is 1.75 bits per heavy atom. The number of benzene rings is 8. The van der Waals surface area contributed by atoms with E-state index in [-0.39, 0.29) is 0 Å². The zero-order valence-electron chi connectivity index (χ0n) is 30.5. The molecule has 0 spiro atoms. The Labute approximate surface area is 329 Å². The fourth-order valence-corrected chi connectivity index (χ4v) is 11.8. The molecule has 1 nitrogen and oxygen atoms in total. The number of hydrogen-bond donors (Lipinski definition) is 0. The number of rotatable bonds is 6. The van der Waals surface area contributed by atoms with Crippen LogP contribution in [-0.4, -0.2) is 0 Å². The van der Waals surface area contributed by atoms with Crippen LogP contribution in [0.1, 0.15) is 43.6 Å². The highest BCUT2D eigenvalue weighted by Gasteiger charge is 2.23. The van der Waals surface area contributed by atoms with Crippen molar-refractivity contribution in [3.63, 3.8) is 0 Å². The molecule has 0 unspecified atom stereocenters. The van der Waals surface area contributed by atoms with Crippen LogP contribution in [-0.2, 0) is 0 Å². The quantitative estimate of drug-likeness (QED) is 0.164. The molecule has 2 aromatic heterocycles. The molecular weight excluding hydrogens is 703 g/mol. The maximum Gasteiger partial charge on any atom is 0.0640 e. The van der Waals surface area contributed by atoms with Crippen molar-refractivity contribution in [2.75, 3.05) is 4.90 Å². The van der Waals surface area contributed by atoms with E-state index in [0.717, 1.165) is 11.4 Å². The molecule has 0 bridgehead atoms. The van der Waals surface area contributed by atoms with Gasteiger partial charge in [-0.15, -0.1) is 22.7 Å². The van der Waals surface area contributed by atoms with Gasteiger partial charge >= 0.3 is 0 Å². The molecule has 55 heavy (non-hydrogen) atoms. The van der Waals surface area contributed by atoms with E-state index in [4.69, 9.17) is 0 Å². The molecule has 0 aliphatic heterocycles. The first kappa shape index (κ1) is 32.7. The molecule has 0 radical (unpaired) electrons. The van der Waals surface area contributed by atoms with Gasteiger partial charge in [0.05, 0.1) is 10.4 Å². The van der Waals surface area contributed by atoms with Crippen LogP contribution >= 0.6 is 22.7 Å². The molecule has 1 fully saturated rings. The van der Waals surface area contributed by atoms with Gasteiger partial charge in [0, 0.05) is 47.0 Å². The van der Waals surface area contributed by atoms with Gasteiger partial charge in [-0.2, -0.15) is 0 Å². The normalized spacial score (nSPS) is 13.7. The molecule has 0 saturated heterocycles. The smallest absolute Gasteiger partial charge is 0.0640 e. The minimum Gasteiger partial charge on any atom is -0.309 e. The van der Waals surface area contributed by atoms with Crippen molar-refractivity contribution in [3.05, 3.63) is 175 Å². The van der Waals surface area contributed by atoms with Crippen LogP contribution in [0, 0.1) is 0 Å². The van der Waals surface area contributed by atoms with Gasteiger partial charge in [0.15, 0.2) is 0 Å². The average molecular weight is 742 g/mol. The summed E-state index contributed by atoms with van der Waals surface area (Å²) in [6, 6.07) is 63.3. The first-order valence-electron chi connectivity index (χ1n) is 19.6. The highest BCUT2D eigenvalue weighted by molar-refractivity contribution is 7.27. The third kappa shape index (κ3) is 5.56. The number of fused-ring (bicyclic) bond motifs is 7. The van der Waals surface area contributed by atoms with E-state index in [0.29, 0.717) is 5.92 Å². The van der Waals surface area contributed by atoms with Gasteiger partial charge in [-0.1, -0.05) is 153 Å². The van der Waals surface area contributed by atoms with Crippen molar-refractivity contribution in [2.24, 2.45) is 0 Å². The maximum atomic E-state index is 2.48. The van der Waals surface area contributed by atoms with Crippen LogP contribution in [0.2, 0.25) is 0 Å². The van der Waals surface area contributed by atoms with E-state index in [1.54, 1.807) is 5.56 Å². The van der Waals surface area contributed by atoms with Crippen molar-refractivity contribution >= 4 is 90.9 Å². The van der Waals surface area contributed by atoms with Crippen molar-refractivity contribution in [1.29, 1.82) is 0 Å². The molecule has 1 aliphatic carbocycles. The topological polar surface area (TPSA) is 3.24 Å². The summed E-state index contributed by atoms with van der Waals surface area (Å²) in [4.78, 5) is 2.48. The third-order valence-corrected chi connectivity index (χ3v) is 14.4. The lowest BCUT2D eigenvalue weighted by Gasteiger charge is -2.26. The summed E-state index contributed by atoms with van der Waals surface area (Å²) >= 11 is 3.88. The Morgan fingerprint density at radius 1 is 0.400 bits per heavy atom. The van der Waals surface area contributed by atoms with Gasteiger partial charge in [0.1, 0.15) is 0 Å². The fourth-order valence-electron chi connectivity index (χ4n) is 9.20. The number of hydrogen-bond acceptors (Lipinski definition) is 3. The van der Waals surface area contributed by atoms with E-state index in [1.807, 2.05) is 22.7 Å². The summed E-state index contributed by atoms with van der Waals surface area (Å²) in [6.45, 7) is 0. The molecule has 264 valence electrons. The lowest BCUT2D eigenvalue weighted by atomic mass is 9.84. The minimum atomic E-state index is 0.657. The number of anilines is 3. The fraction of sp³-hybridized carbons (Fsp3) is 0.115. The van der Waals surface area contributed by atoms with Gasteiger partial charge < -0.3 is 4.90 Å². The summed E-state index contributed by atoms with van der Waals surface area (Å²) in [6.07, 6.45) is 6.66. The Bertz CT molecular complexity index is 3010. The van der Waals surface area contributed by atoms with Crippen molar-refractivity contribution in [1.82, 2.24) is 0 Å². The van der Waals surface area contributed by atoms with E-state index in [9.17, 15) is 0 Å². The number of nitrogens with zero attached hydrogens (tertiary/aromatic N) is 1. The Hall–Kier alpha value is -5.74. The van der Waals surface area contributed by atoms with E-state index in [2.05, 4.69) is 175 Å². The largest absolute Gasteiger partial charge is 0.309 e. The molecule has 8 aromatic carbocycles. The molecule has 2 heterocycles. The first-order chi connectivity index (χ1) is 27.3.